The fraction of sp³-hybridized carbons (Fsp3) is 0.235. The van der Waals surface area contributed by atoms with Crippen molar-refractivity contribution in [3.8, 4) is 17.6 Å². The van der Waals surface area contributed by atoms with Crippen molar-refractivity contribution in [2.45, 2.75) is 18.7 Å². The van der Waals surface area contributed by atoms with Crippen LogP contribution < -0.4 is 9.46 Å². The number of aryl methyl sites for hydroxylation is 2. The van der Waals surface area contributed by atoms with Crippen LogP contribution >= 0.6 is 0 Å². The molecule has 0 unspecified atom stereocenters. The van der Waals surface area contributed by atoms with Gasteiger partial charge in [-0.2, -0.15) is 4.72 Å². The first kappa shape index (κ1) is 17.0. The van der Waals surface area contributed by atoms with E-state index in [1.165, 1.54) is 0 Å². The van der Waals surface area contributed by atoms with Gasteiger partial charge in [-0.1, -0.05) is 29.5 Å². The van der Waals surface area contributed by atoms with Crippen molar-refractivity contribution in [3.05, 3.63) is 53.9 Å². The average molecular weight is 330 g/mol. The van der Waals surface area contributed by atoms with Crippen molar-refractivity contribution in [3.63, 3.8) is 0 Å². The summed E-state index contributed by atoms with van der Waals surface area (Å²) in [7, 11) is -3.55. The number of sulfonamides is 1. The van der Waals surface area contributed by atoms with E-state index < -0.39 is 10.0 Å². The van der Waals surface area contributed by atoms with Crippen LogP contribution in [0.2, 0.25) is 0 Å². The van der Waals surface area contributed by atoms with Gasteiger partial charge in [0.05, 0.1) is 17.6 Å². The molecule has 0 spiro atoms. The molecule has 0 fully saturated rings. The van der Waals surface area contributed by atoms with Crippen molar-refractivity contribution in [1.29, 1.82) is 0 Å². The van der Waals surface area contributed by atoms with Crippen LogP contribution in [0.25, 0.3) is 0 Å². The molecule has 1 N–H and O–H groups in total. The molecule has 5 nitrogen and oxygen atoms in total. The van der Waals surface area contributed by atoms with Crippen LogP contribution in [0.15, 0.2) is 47.6 Å². The molecule has 1 heterocycles. The maximum Gasteiger partial charge on any atom is 0.241 e. The Hall–Kier alpha value is -2.36. The number of nitrogens with zero attached hydrogens (tertiary/aromatic N) is 1. The number of benzene rings is 1. The first-order valence-electron chi connectivity index (χ1n) is 7.04. The SMILES string of the molecule is Cc1ccc(S(=O)(=O)NCC#CCOc2cccnc2)c(C)c1. The summed E-state index contributed by atoms with van der Waals surface area (Å²) in [5.41, 5.74) is 1.74. The maximum absolute atomic E-state index is 12.2. The summed E-state index contributed by atoms with van der Waals surface area (Å²) in [5.74, 6) is 6.10. The third-order valence-corrected chi connectivity index (χ3v) is 4.60. The highest BCUT2D eigenvalue weighted by Gasteiger charge is 2.15. The molecule has 1 aromatic heterocycles. The van der Waals surface area contributed by atoms with Gasteiger partial charge in [-0.3, -0.25) is 4.98 Å². The number of nitrogens with one attached hydrogen (secondary N) is 1. The predicted octanol–water partition coefficient (Wildman–Crippen LogP) is 2.06. The van der Waals surface area contributed by atoms with Gasteiger partial charge in [0, 0.05) is 6.20 Å². The number of aromatic nitrogens is 1. The monoisotopic (exact) mass is 330 g/mol. The van der Waals surface area contributed by atoms with E-state index in [0.717, 1.165) is 5.56 Å². The Morgan fingerprint density at radius 2 is 2.04 bits per heavy atom. The van der Waals surface area contributed by atoms with Crippen LogP contribution in [0.4, 0.5) is 0 Å². The Morgan fingerprint density at radius 1 is 1.22 bits per heavy atom. The van der Waals surface area contributed by atoms with Crippen LogP contribution in [-0.4, -0.2) is 26.6 Å². The van der Waals surface area contributed by atoms with Crippen molar-refractivity contribution < 1.29 is 13.2 Å². The Morgan fingerprint density at radius 3 is 2.74 bits per heavy atom. The summed E-state index contributed by atoms with van der Waals surface area (Å²) in [6.07, 6.45) is 3.24. The second-order valence-corrected chi connectivity index (χ2v) is 6.66. The Kier molecular flexibility index (Phi) is 5.74. The molecular formula is C17H18N2O3S. The highest BCUT2D eigenvalue weighted by atomic mass is 32.2. The fourth-order valence-corrected chi connectivity index (χ4v) is 3.12. The van der Waals surface area contributed by atoms with Gasteiger partial charge in [0.2, 0.25) is 10.0 Å². The quantitative estimate of drug-likeness (QED) is 0.852. The lowest BCUT2D eigenvalue weighted by Gasteiger charge is -2.07. The van der Waals surface area contributed by atoms with E-state index in [0.29, 0.717) is 11.3 Å². The average Bonchev–Trinajstić information content (AvgIpc) is 2.51. The lowest BCUT2D eigenvalue weighted by molar-refractivity contribution is 0.368. The summed E-state index contributed by atoms with van der Waals surface area (Å²) < 4.78 is 32.2. The normalized spacial score (nSPS) is 10.7. The molecule has 120 valence electrons. The smallest absolute Gasteiger partial charge is 0.241 e. The van der Waals surface area contributed by atoms with Crippen LogP contribution in [0.3, 0.4) is 0 Å². The molecule has 0 aliphatic heterocycles. The van der Waals surface area contributed by atoms with E-state index >= 15 is 0 Å². The number of hydrogen-bond donors (Lipinski definition) is 1. The van der Waals surface area contributed by atoms with E-state index in [1.807, 2.05) is 13.0 Å². The molecule has 0 saturated heterocycles. The van der Waals surface area contributed by atoms with E-state index in [-0.39, 0.29) is 18.0 Å². The topological polar surface area (TPSA) is 68.3 Å². The zero-order valence-electron chi connectivity index (χ0n) is 13.0. The molecular weight excluding hydrogens is 312 g/mol. The number of hydrogen-bond acceptors (Lipinski definition) is 4. The van der Waals surface area contributed by atoms with Crippen LogP contribution in [0, 0.1) is 25.7 Å². The number of pyridine rings is 1. The third-order valence-electron chi connectivity index (χ3n) is 3.04. The zero-order chi connectivity index (χ0) is 16.7. The van der Waals surface area contributed by atoms with Crippen LogP contribution in [0.1, 0.15) is 11.1 Å². The molecule has 23 heavy (non-hydrogen) atoms. The van der Waals surface area contributed by atoms with E-state index in [1.54, 1.807) is 43.6 Å². The molecule has 1 aromatic carbocycles. The molecule has 0 radical (unpaired) electrons. The van der Waals surface area contributed by atoms with Gasteiger partial charge in [-0.05, 0) is 37.6 Å². The van der Waals surface area contributed by atoms with Crippen LogP contribution in [-0.2, 0) is 10.0 Å². The van der Waals surface area contributed by atoms with Gasteiger partial charge >= 0.3 is 0 Å². The van der Waals surface area contributed by atoms with Crippen molar-refractivity contribution in [1.82, 2.24) is 9.71 Å². The van der Waals surface area contributed by atoms with Crippen molar-refractivity contribution in [2.75, 3.05) is 13.2 Å². The van der Waals surface area contributed by atoms with E-state index in [2.05, 4.69) is 21.5 Å². The lowest BCUT2D eigenvalue weighted by Crippen LogP contribution is -2.24. The molecule has 6 heteroatoms. The highest BCUT2D eigenvalue weighted by Crippen LogP contribution is 2.15. The molecule has 0 aliphatic carbocycles. The van der Waals surface area contributed by atoms with Gasteiger partial charge in [-0.15, -0.1) is 0 Å². The van der Waals surface area contributed by atoms with Gasteiger partial charge in [0.1, 0.15) is 12.4 Å². The van der Waals surface area contributed by atoms with E-state index in [4.69, 9.17) is 4.74 Å². The molecule has 0 amide bonds. The first-order valence-corrected chi connectivity index (χ1v) is 8.53. The van der Waals surface area contributed by atoms with Gasteiger partial charge in [0.15, 0.2) is 0 Å². The summed E-state index contributed by atoms with van der Waals surface area (Å²) in [4.78, 5) is 4.19. The standard InChI is InChI=1S/C17H18N2O3S/c1-14-7-8-17(15(2)12-14)23(20,21)19-10-3-4-11-22-16-6-5-9-18-13-16/h5-9,12-13,19H,10-11H2,1-2H3. The lowest BCUT2D eigenvalue weighted by atomic mass is 10.2. The molecule has 0 saturated carbocycles. The van der Waals surface area contributed by atoms with Gasteiger partial charge in [-0.25, -0.2) is 8.42 Å². The largest absolute Gasteiger partial charge is 0.479 e. The molecule has 2 aromatic rings. The fourth-order valence-electron chi connectivity index (χ4n) is 1.98. The molecule has 0 aliphatic rings. The Bertz CT molecular complexity index is 822. The number of rotatable bonds is 5. The second-order valence-electron chi connectivity index (χ2n) is 4.92. The summed E-state index contributed by atoms with van der Waals surface area (Å²) in [6, 6.07) is 8.75. The van der Waals surface area contributed by atoms with Gasteiger partial charge in [0.25, 0.3) is 0 Å². The number of ether oxygens (including phenoxy) is 1. The first-order chi connectivity index (χ1) is 11.0. The maximum atomic E-state index is 12.2. The predicted molar refractivity (Wildman–Crippen MR) is 88.6 cm³/mol. The molecule has 0 bridgehead atoms. The minimum absolute atomic E-state index is 0.0338. The Balaban J connectivity index is 1.87. The zero-order valence-corrected chi connectivity index (χ0v) is 13.9. The summed E-state index contributed by atoms with van der Waals surface area (Å²) in [5, 5.41) is 0. The van der Waals surface area contributed by atoms with Crippen molar-refractivity contribution in [2.24, 2.45) is 0 Å². The van der Waals surface area contributed by atoms with Crippen molar-refractivity contribution >= 4 is 10.0 Å². The van der Waals surface area contributed by atoms with Gasteiger partial charge < -0.3 is 4.74 Å². The minimum atomic E-state index is -3.55. The summed E-state index contributed by atoms with van der Waals surface area (Å²) >= 11 is 0. The second kappa shape index (κ2) is 7.77. The van der Waals surface area contributed by atoms with E-state index in [9.17, 15) is 8.42 Å². The molecule has 2 rings (SSSR count). The summed E-state index contributed by atoms with van der Waals surface area (Å²) in [6.45, 7) is 3.91. The Labute approximate surface area is 136 Å². The van der Waals surface area contributed by atoms with Crippen LogP contribution in [0.5, 0.6) is 5.75 Å². The minimum Gasteiger partial charge on any atom is -0.479 e. The molecule has 0 atom stereocenters. The highest BCUT2D eigenvalue weighted by molar-refractivity contribution is 7.89. The third kappa shape index (κ3) is 5.09.